The van der Waals surface area contributed by atoms with Crippen LogP contribution in [0.4, 0.5) is 0 Å². The van der Waals surface area contributed by atoms with Crippen molar-refractivity contribution in [2.45, 2.75) is 0 Å². The lowest BCUT2D eigenvalue weighted by Crippen LogP contribution is -2.09. The maximum atomic E-state index is 4.80. The van der Waals surface area contributed by atoms with Crippen LogP contribution in [0.3, 0.4) is 0 Å². The first-order chi connectivity index (χ1) is 3.41. The van der Waals surface area contributed by atoms with Crippen LogP contribution in [0.15, 0.2) is 0 Å². The van der Waals surface area contributed by atoms with Crippen LogP contribution in [0.25, 0.3) is 0 Å². The van der Waals surface area contributed by atoms with E-state index in [0.29, 0.717) is 0 Å². The molecule has 0 aliphatic rings. The molecule has 0 aliphatic carbocycles. The van der Waals surface area contributed by atoms with Crippen LogP contribution in [0, 0.1) is 0 Å². The summed E-state index contributed by atoms with van der Waals surface area (Å²) in [5.41, 5.74) is 9.60. The van der Waals surface area contributed by atoms with Crippen molar-refractivity contribution in [1.82, 2.24) is 0 Å². The summed E-state index contributed by atoms with van der Waals surface area (Å²) in [6.07, 6.45) is 0. The Morgan fingerprint density at radius 1 is 1.00 bits per heavy atom. The summed E-state index contributed by atoms with van der Waals surface area (Å²) in [6.45, 7) is -0.0833. The number of hydrogen-bond donors (Lipinski definition) is 2. The Morgan fingerprint density at radius 2 is 1.43 bits per heavy atom. The van der Waals surface area contributed by atoms with Crippen LogP contribution in [0.2, 0.25) is 0 Å². The molecule has 0 atom stereocenters. The molecule has 0 radical (unpaired) electrons. The Kier molecular flexibility index (Phi) is 5.63. The van der Waals surface area contributed by atoms with Gasteiger partial charge in [0, 0.05) is 0 Å². The van der Waals surface area contributed by atoms with Crippen LogP contribution >= 0.6 is 0 Å². The van der Waals surface area contributed by atoms with E-state index in [-0.39, 0.29) is 13.5 Å². The van der Waals surface area contributed by atoms with Gasteiger partial charge in [0.25, 0.3) is 0 Å². The van der Waals surface area contributed by atoms with Gasteiger partial charge in [0.1, 0.15) is 13.5 Å². The zero-order valence-corrected chi connectivity index (χ0v) is 3.79. The Hall–Kier alpha value is -0.200. The maximum absolute atomic E-state index is 4.80. The summed E-state index contributed by atoms with van der Waals surface area (Å²) >= 11 is 0. The van der Waals surface area contributed by atoms with Crippen LogP contribution in [0.5, 0.6) is 0 Å². The second kappa shape index (κ2) is 5.80. The lowest BCUT2D eigenvalue weighted by atomic mass is 11.4. The summed E-state index contributed by atoms with van der Waals surface area (Å²) in [5.74, 6) is 0. The lowest BCUT2D eigenvalue weighted by molar-refractivity contribution is -0.511. The van der Waals surface area contributed by atoms with Crippen LogP contribution in [-0.2, 0) is 14.8 Å². The van der Waals surface area contributed by atoms with E-state index in [9.17, 15) is 0 Å². The van der Waals surface area contributed by atoms with Crippen molar-refractivity contribution in [3.8, 4) is 0 Å². The molecule has 0 aliphatic heterocycles. The molecule has 7 heavy (non-hydrogen) atoms. The van der Waals surface area contributed by atoms with Gasteiger partial charge in [-0.15, -0.1) is 0 Å². The van der Waals surface area contributed by atoms with Crippen LogP contribution in [0.1, 0.15) is 0 Å². The average molecular weight is 108 g/mol. The van der Waals surface area contributed by atoms with Gasteiger partial charge in [-0.25, -0.2) is 0 Å². The van der Waals surface area contributed by atoms with Crippen molar-refractivity contribution in [3.05, 3.63) is 0 Å². The normalized spacial score (nSPS) is 9.43. The number of nitrogens with two attached hydrogens (primary N) is 2. The van der Waals surface area contributed by atoms with Crippen molar-refractivity contribution < 1.29 is 14.8 Å². The van der Waals surface area contributed by atoms with Crippen LogP contribution in [-0.4, -0.2) is 13.5 Å². The highest BCUT2D eigenvalue weighted by molar-refractivity contribution is 3.87. The van der Waals surface area contributed by atoms with Gasteiger partial charge >= 0.3 is 0 Å². The SMILES string of the molecule is NCOOOCN. The highest BCUT2D eigenvalue weighted by Gasteiger charge is 1.77. The first-order valence-corrected chi connectivity index (χ1v) is 1.73. The second-order valence-electron chi connectivity index (χ2n) is 0.637. The minimum Gasteiger partial charge on any atom is -0.306 e. The van der Waals surface area contributed by atoms with Gasteiger partial charge in [0.05, 0.1) is 0 Å². The zero-order valence-electron chi connectivity index (χ0n) is 3.79. The van der Waals surface area contributed by atoms with E-state index < -0.39 is 0 Å². The van der Waals surface area contributed by atoms with E-state index in [1.807, 2.05) is 0 Å². The summed E-state index contributed by atoms with van der Waals surface area (Å²) < 4.78 is 0. The van der Waals surface area contributed by atoms with E-state index in [2.05, 4.69) is 14.8 Å². The topological polar surface area (TPSA) is 79.7 Å². The third kappa shape index (κ3) is 5.80. The van der Waals surface area contributed by atoms with Crippen molar-refractivity contribution in [1.29, 1.82) is 0 Å². The molecule has 0 spiro atoms. The molecule has 0 bridgehead atoms. The lowest BCUT2D eigenvalue weighted by Gasteiger charge is -1.94. The summed E-state index contributed by atoms with van der Waals surface area (Å²) in [4.78, 5) is 8.10. The van der Waals surface area contributed by atoms with Gasteiger partial charge in [0.15, 0.2) is 0 Å². The third-order valence-electron chi connectivity index (χ3n) is 0.232. The molecule has 0 fully saturated rings. The molecule has 0 saturated carbocycles. The average Bonchev–Trinajstić information content (AvgIpc) is 1.69. The molecule has 0 unspecified atom stereocenters. The Morgan fingerprint density at radius 3 is 1.71 bits per heavy atom. The first-order valence-electron chi connectivity index (χ1n) is 1.73. The van der Waals surface area contributed by atoms with E-state index in [4.69, 9.17) is 11.5 Å². The molecule has 0 amide bonds. The summed E-state index contributed by atoms with van der Waals surface area (Å²) in [7, 11) is 0. The van der Waals surface area contributed by atoms with Gasteiger partial charge in [-0.2, -0.15) is 9.78 Å². The molecule has 5 heteroatoms. The van der Waals surface area contributed by atoms with E-state index >= 15 is 0 Å². The van der Waals surface area contributed by atoms with Crippen molar-refractivity contribution in [2.75, 3.05) is 13.5 Å². The molecule has 5 nitrogen and oxygen atoms in total. The largest absolute Gasteiger partial charge is 0.306 e. The van der Waals surface area contributed by atoms with Gasteiger partial charge in [-0.05, 0) is 0 Å². The van der Waals surface area contributed by atoms with Crippen molar-refractivity contribution in [2.24, 2.45) is 11.5 Å². The predicted octanol–water partition coefficient (Wildman–Crippen LogP) is -1.30. The molecule has 4 N–H and O–H groups in total. The zero-order chi connectivity index (χ0) is 5.54. The first kappa shape index (κ1) is 6.80. The fourth-order valence-corrected chi connectivity index (χ4v) is 0.0896. The van der Waals surface area contributed by atoms with Gasteiger partial charge in [0.2, 0.25) is 0 Å². The molecule has 0 aromatic rings. The standard InChI is InChI=1S/C2H8N2O3/c3-1-5-7-6-2-4/h1-4H2. The monoisotopic (exact) mass is 108 g/mol. The fraction of sp³-hybridized carbons (Fsp3) is 1.00. The highest BCUT2D eigenvalue weighted by atomic mass is 17.5. The summed E-state index contributed by atoms with van der Waals surface area (Å²) in [5, 5.41) is 3.88. The second-order valence-corrected chi connectivity index (χ2v) is 0.637. The summed E-state index contributed by atoms with van der Waals surface area (Å²) in [6, 6.07) is 0. The predicted molar refractivity (Wildman–Crippen MR) is 21.4 cm³/mol. The van der Waals surface area contributed by atoms with Crippen LogP contribution < -0.4 is 11.5 Å². The maximum Gasteiger partial charge on any atom is 0.133 e. The molecular weight excluding hydrogens is 100 g/mol. The minimum absolute atomic E-state index is 0.0417. The Bertz CT molecular complexity index is 30.1. The number of hydrogen-bond acceptors (Lipinski definition) is 5. The fourth-order valence-electron chi connectivity index (χ4n) is 0.0896. The third-order valence-corrected chi connectivity index (χ3v) is 0.232. The van der Waals surface area contributed by atoms with Crippen molar-refractivity contribution in [3.63, 3.8) is 0 Å². The minimum atomic E-state index is -0.0417. The highest BCUT2D eigenvalue weighted by Crippen LogP contribution is 1.71. The molecule has 44 valence electrons. The van der Waals surface area contributed by atoms with E-state index in [1.165, 1.54) is 0 Å². The van der Waals surface area contributed by atoms with E-state index in [1.54, 1.807) is 0 Å². The van der Waals surface area contributed by atoms with Gasteiger partial charge in [-0.3, -0.25) is 0 Å². The number of rotatable bonds is 4. The molecule has 0 saturated heterocycles. The van der Waals surface area contributed by atoms with Gasteiger partial charge in [-0.1, -0.05) is 5.04 Å². The quantitative estimate of drug-likeness (QED) is 0.202. The van der Waals surface area contributed by atoms with Crippen molar-refractivity contribution >= 4 is 0 Å². The smallest absolute Gasteiger partial charge is 0.133 e. The Labute approximate surface area is 41.0 Å². The van der Waals surface area contributed by atoms with Gasteiger partial charge < -0.3 is 11.5 Å². The molecule has 0 rings (SSSR count). The molecular formula is C2H8N2O3. The molecule has 0 heterocycles. The van der Waals surface area contributed by atoms with E-state index in [0.717, 1.165) is 0 Å². The molecule has 0 aromatic heterocycles. The molecule has 0 aromatic carbocycles. The Balaban J connectivity index is 2.45.